The van der Waals surface area contributed by atoms with E-state index in [9.17, 15) is 27.9 Å². The molecule has 23 heavy (non-hydrogen) atoms. The summed E-state index contributed by atoms with van der Waals surface area (Å²) in [5.74, 6) is -1.57. The number of aromatic hydroxyl groups is 1. The van der Waals surface area contributed by atoms with Crippen LogP contribution in [0.25, 0.3) is 0 Å². The number of rotatable bonds is 2. The number of phenolic OH excluding ortho intramolecular Hbond substituents is 1. The largest absolute Gasteiger partial charge is 0.508 e. The number of halogens is 3. The van der Waals surface area contributed by atoms with E-state index in [-0.39, 0.29) is 16.9 Å². The lowest BCUT2D eigenvalue weighted by Crippen LogP contribution is -2.41. The molecule has 0 spiro atoms. The van der Waals surface area contributed by atoms with Crippen LogP contribution in [-0.2, 0) is 6.18 Å². The second-order valence-electron chi connectivity index (χ2n) is 4.53. The summed E-state index contributed by atoms with van der Waals surface area (Å²) in [6.07, 6.45) is -4.49. The summed E-state index contributed by atoms with van der Waals surface area (Å²) in [6.45, 7) is 0. The molecule has 0 unspecified atom stereocenters. The normalized spacial score (nSPS) is 10.9. The molecule has 2 amide bonds. The van der Waals surface area contributed by atoms with E-state index in [4.69, 9.17) is 0 Å². The van der Waals surface area contributed by atoms with Crippen molar-refractivity contribution in [2.45, 2.75) is 6.18 Å². The van der Waals surface area contributed by atoms with Gasteiger partial charge in [-0.2, -0.15) is 13.2 Å². The zero-order chi connectivity index (χ0) is 17.0. The third-order valence-electron chi connectivity index (χ3n) is 2.87. The summed E-state index contributed by atoms with van der Waals surface area (Å²) in [5, 5.41) is 9.25. The van der Waals surface area contributed by atoms with Crippen LogP contribution in [0.5, 0.6) is 5.75 Å². The Kier molecular flexibility index (Phi) is 4.54. The standard InChI is InChI=1S/C15H11F3N2O3/c16-15(17,18)11-6-4-9(5-7-11)13(22)19-20-14(23)10-2-1-3-12(21)8-10/h1-8,21H,(H,19,22)(H,20,23). The predicted octanol–water partition coefficient (Wildman–Crippen LogP) is 2.49. The van der Waals surface area contributed by atoms with Gasteiger partial charge in [0.2, 0.25) is 0 Å². The van der Waals surface area contributed by atoms with Gasteiger partial charge in [-0.15, -0.1) is 0 Å². The molecule has 0 aliphatic carbocycles. The summed E-state index contributed by atoms with van der Waals surface area (Å²) in [7, 11) is 0. The number of hydrogen-bond acceptors (Lipinski definition) is 3. The van der Waals surface area contributed by atoms with E-state index in [0.29, 0.717) is 0 Å². The molecule has 0 heterocycles. The minimum absolute atomic E-state index is 0.0470. The van der Waals surface area contributed by atoms with Crippen molar-refractivity contribution < 1.29 is 27.9 Å². The molecular weight excluding hydrogens is 313 g/mol. The van der Waals surface area contributed by atoms with Crippen molar-refractivity contribution in [1.29, 1.82) is 0 Å². The molecule has 0 aromatic heterocycles. The number of carbonyl (C=O) groups is 2. The molecule has 0 saturated heterocycles. The monoisotopic (exact) mass is 324 g/mol. The lowest BCUT2D eigenvalue weighted by molar-refractivity contribution is -0.137. The average molecular weight is 324 g/mol. The third-order valence-corrected chi connectivity index (χ3v) is 2.87. The van der Waals surface area contributed by atoms with Gasteiger partial charge in [0.25, 0.3) is 11.8 Å². The van der Waals surface area contributed by atoms with E-state index < -0.39 is 23.6 Å². The van der Waals surface area contributed by atoms with Gasteiger partial charge in [-0.25, -0.2) is 0 Å². The Bertz CT molecular complexity index is 727. The highest BCUT2D eigenvalue weighted by Gasteiger charge is 2.30. The highest BCUT2D eigenvalue weighted by Crippen LogP contribution is 2.29. The molecule has 0 aliphatic rings. The molecule has 0 atom stereocenters. The minimum atomic E-state index is -4.49. The second kappa shape index (κ2) is 6.39. The molecule has 0 radical (unpaired) electrons. The molecule has 0 aliphatic heterocycles. The molecule has 0 bridgehead atoms. The first kappa shape index (κ1) is 16.3. The summed E-state index contributed by atoms with van der Waals surface area (Å²) in [5.41, 5.74) is 3.36. The third kappa shape index (κ3) is 4.22. The first-order chi connectivity index (χ1) is 10.8. The van der Waals surface area contributed by atoms with Crippen LogP contribution in [0.4, 0.5) is 13.2 Å². The van der Waals surface area contributed by atoms with Gasteiger partial charge in [0.1, 0.15) is 5.75 Å². The smallest absolute Gasteiger partial charge is 0.416 e. The number of carbonyl (C=O) groups excluding carboxylic acids is 2. The maximum atomic E-state index is 12.4. The molecule has 5 nitrogen and oxygen atoms in total. The first-order valence-corrected chi connectivity index (χ1v) is 6.34. The number of nitrogens with one attached hydrogen (secondary N) is 2. The van der Waals surface area contributed by atoms with Gasteiger partial charge < -0.3 is 5.11 Å². The van der Waals surface area contributed by atoms with Gasteiger partial charge in [0, 0.05) is 11.1 Å². The Balaban J connectivity index is 1.98. The molecule has 120 valence electrons. The van der Waals surface area contributed by atoms with Crippen molar-refractivity contribution in [2.75, 3.05) is 0 Å². The number of hydrogen-bond donors (Lipinski definition) is 3. The highest BCUT2D eigenvalue weighted by molar-refractivity contribution is 5.99. The lowest BCUT2D eigenvalue weighted by atomic mass is 10.1. The predicted molar refractivity (Wildman–Crippen MR) is 74.5 cm³/mol. The van der Waals surface area contributed by atoms with E-state index >= 15 is 0 Å². The molecule has 0 saturated carbocycles. The summed E-state index contributed by atoms with van der Waals surface area (Å²) in [4.78, 5) is 23.5. The van der Waals surface area contributed by atoms with Crippen LogP contribution >= 0.6 is 0 Å². The van der Waals surface area contributed by atoms with E-state index in [0.717, 1.165) is 24.3 Å². The van der Waals surface area contributed by atoms with Crippen molar-refractivity contribution in [2.24, 2.45) is 0 Å². The maximum absolute atomic E-state index is 12.4. The fraction of sp³-hybridized carbons (Fsp3) is 0.0667. The average Bonchev–Trinajstić information content (AvgIpc) is 2.51. The van der Waals surface area contributed by atoms with Gasteiger partial charge in [-0.3, -0.25) is 20.4 Å². The van der Waals surface area contributed by atoms with Crippen LogP contribution in [0.3, 0.4) is 0 Å². The quantitative estimate of drug-likeness (QED) is 0.743. The van der Waals surface area contributed by atoms with Gasteiger partial charge in [0.05, 0.1) is 5.56 Å². The van der Waals surface area contributed by atoms with Crippen molar-refractivity contribution in [1.82, 2.24) is 10.9 Å². The Morgan fingerprint density at radius 1 is 0.870 bits per heavy atom. The SMILES string of the molecule is O=C(NNC(=O)c1cccc(O)c1)c1ccc(C(F)(F)F)cc1. The minimum Gasteiger partial charge on any atom is -0.508 e. The van der Waals surface area contributed by atoms with Crippen molar-refractivity contribution in [3.8, 4) is 5.75 Å². The van der Waals surface area contributed by atoms with Crippen molar-refractivity contribution >= 4 is 11.8 Å². The summed E-state index contributed by atoms with van der Waals surface area (Å²) in [6, 6.07) is 8.97. The van der Waals surface area contributed by atoms with Crippen molar-refractivity contribution in [3.05, 3.63) is 65.2 Å². The van der Waals surface area contributed by atoms with Gasteiger partial charge in [0.15, 0.2) is 0 Å². The highest BCUT2D eigenvalue weighted by atomic mass is 19.4. The number of amides is 2. The molecule has 2 aromatic rings. The van der Waals surface area contributed by atoms with Gasteiger partial charge >= 0.3 is 6.18 Å². The molecular formula is C15H11F3N2O3. The Labute approximate surface area is 128 Å². The maximum Gasteiger partial charge on any atom is 0.416 e. The number of phenols is 1. The second-order valence-corrected chi connectivity index (χ2v) is 4.53. The zero-order valence-corrected chi connectivity index (χ0v) is 11.5. The van der Waals surface area contributed by atoms with E-state index in [2.05, 4.69) is 10.9 Å². The Hall–Kier alpha value is -3.03. The van der Waals surface area contributed by atoms with E-state index in [1.165, 1.54) is 24.3 Å². The first-order valence-electron chi connectivity index (χ1n) is 6.34. The van der Waals surface area contributed by atoms with Crippen molar-refractivity contribution in [3.63, 3.8) is 0 Å². The summed E-state index contributed by atoms with van der Waals surface area (Å²) < 4.78 is 37.3. The van der Waals surface area contributed by atoms with Gasteiger partial charge in [-0.1, -0.05) is 6.07 Å². The molecule has 2 rings (SSSR count). The Morgan fingerprint density at radius 3 is 1.96 bits per heavy atom. The topological polar surface area (TPSA) is 78.4 Å². The number of benzene rings is 2. The lowest BCUT2D eigenvalue weighted by Gasteiger charge is -2.09. The molecule has 3 N–H and O–H groups in total. The number of alkyl halides is 3. The molecule has 0 fully saturated rings. The van der Waals surface area contributed by atoms with Crippen LogP contribution in [0, 0.1) is 0 Å². The van der Waals surface area contributed by atoms with Gasteiger partial charge in [-0.05, 0) is 42.5 Å². The van der Waals surface area contributed by atoms with Crippen LogP contribution < -0.4 is 10.9 Å². The van der Waals surface area contributed by atoms with E-state index in [1.54, 1.807) is 0 Å². The van der Waals surface area contributed by atoms with Crippen LogP contribution in [0.15, 0.2) is 48.5 Å². The summed E-state index contributed by atoms with van der Waals surface area (Å²) >= 11 is 0. The molecule has 2 aromatic carbocycles. The molecule has 8 heteroatoms. The Morgan fingerprint density at radius 2 is 1.43 bits per heavy atom. The fourth-order valence-electron chi connectivity index (χ4n) is 1.72. The van der Waals surface area contributed by atoms with Crippen LogP contribution in [-0.4, -0.2) is 16.9 Å². The van der Waals surface area contributed by atoms with E-state index in [1.807, 2.05) is 0 Å². The van der Waals surface area contributed by atoms with Crippen LogP contribution in [0.2, 0.25) is 0 Å². The number of hydrazine groups is 1. The zero-order valence-electron chi connectivity index (χ0n) is 11.5. The van der Waals surface area contributed by atoms with Crippen LogP contribution in [0.1, 0.15) is 26.3 Å². The fourth-order valence-corrected chi connectivity index (χ4v) is 1.72.